The van der Waals surface area contributed by atoms with Crippen molar-refractivity contribution in [1.82, 2.24) is 10.2 Å². The molecule has 1 amide bonds. The summed E-state index contributed by atoms with van der Waals surface area (Å²) >= 11 is 1.15. The predicted octanol–water partition coefficient (Wildman–Crippen LogP) is 4.30. The molecule has 0 radical (unpaired) electrons. The number of rotatable bonds is 5. The third kappa shape index (κ3) is 4.45. The zero-order valence-corrected chi connectivity index (χ0v) is 14.5. The summed E-state index contributed by atoms with van der Waals surface area (Å²) in [4.78, 5) is 12.2. The maximum atomic E-state index is 13.2. The molecule has 0 aliphatic rings. The molecular weight excluding hydrogens is 341 g/mol. The van der Waals surface area contributed by atoms with Crippen LogP contribution < -0.4 is 5.32 Å². The van der Waals surface area contributed by atoms with Gasteiger partial charge in [-0.05, 0) is 44.2 Å². The molecule has 7 heteroatoms. The van der Waals surface area contributed by atoms with Crippen molar-refractivity contribution in [3.8, 4) is 11.5 Å². The fourth-order valence-electron chi connectivity index (χ4n) is 2.09. The summed E-state index contributed by atoms with van der Waals surface area (Å²) in [7, 11) is 0. The molecule has 0 spiro atoms. The second-order valence-electron chi connectivity index (χ2n) is 5.50. The van der Waals surface area contributed by atoms with Crippen LogP contribution in [-0.4, -0.2) is 21.4 Å². The highest BCUT2D eigenvalue weighted by molar-refractivity contribution is 8.00. The summed E-state index contributed by atoms with van der Waals surface area (Å²) in [5, 5.41) is 10.5. The summed E-state index contributed by atoms with van der Waals surface area (Å²) in [6.07, 6.45) is 0. The van der Waals surface area contributed by atoms with Gasteiger partial charge in [0.25, 0.3) is 5.22 Å². The predicted molar refractivity (Wildman–Crippen MR) is 94.8 cm³/mol. The Morgan fingerprint density at radius 3 is 2.68 bits per heavy atom. The molecular formula is C18H16FN3O2S. The molecule has 5 nitrogen and oxygen atoms in total. The number of benzene rings is 2. The van der Waals surface area contributed by atoms with E-state index in [1.807, 2.05) is 31.2 Å². The number of aromatic nitrogens is 2. The molecule has 1 heterocycles. The van der Waals surface area contributed by atoms with Gasteiger partial charge in [0.15, 0.2) is 0 Å². The highest BCUT2D eigenvalue weighted by Crippen LogP contribution is 2.27. The molecule has 0 unspecified atom stereocenters. The van der Waals surface area contributed by atoms with Gasteiger partial charge in [0, 0.05) is 11.3 Å². The van der Waals surface area contributed by atoms with E-state index in [1.165, 1.54) is 18.2 Å². The Labute approximate surface area is 148 Å². The van der Waals surface area contributed by atoms with Gasteiger partial charge in [-0.25, -0.2) is 4.39 Å². The SMILES string of the molecule is Cc1ccc(-c2nnc(S[C@H](C)C(=O)Nc3cccc(F)c3)o2)cc1. The number of hydrogen-bond donors (Lipinski definition) is 1. The van der Waals surface area contributed by atoms with Gasteiger partial charge in [-0.2, -0.15) is 0 Å². The van der Waals surface area contributed by atoms with Gasteiger partial charge in [0.2, 0.25) is 11.8 Å². The van der Waals surface area contributed by atoms with Crippen LogP contribution in [-0.2, 0) is 4.79 Å². The summed E-state index contributed by atoms with van der Waals surface area (Å²) < 4.78 is 18.8. The van der Waals surface area contributed by atoms with E-state index in [4.69, 9.17) is 4.42 Å². The fraction of sp³-hybridized carbons (Fsp3) is 0.167. The van der Waals surface area contributed by atoms with Gasteiger partial charge >= 0.3 is 0 Å². The second-order valence-corrected chi connectivity index (χ2v) is 6.79. The number of nitrogens with zero attached hydrogens (tertiary/aromatic N) is 2. The van der Waals surface area contributed by atoms with Crippen LogP contribution in [0, 0.1) is 12.7 Å². The molecule has 0 aliphatic heterocycles. The highest BCUT2D eigenvalue weighted by atomic mass is 32.2. The van der Waals surface area contributed by atoms with Crippen molar-refractivity contribution in [2.45, 2.75) is 24.3 Å². The molecule has 1 atom stereocenters. The summed E-state index contributed by atoms with van der Waals surface area (Å²) in [5.74, 6) is -0.274. The second kappa shape index (κ2) is 7.48. The van der Waals surface area contributed by atoms with E-state index in [0.29, 0.717) is 16.8 Å². The fourth-order valence-corrected chi connectivity index (χ4v) is 2.77. The van der Waals surface area contributed by atoms with E-state index in [1.54, 1.807) is 13.0 Å². The molecule has 0 fully saturated rings. The van der Waals surface area contributed by atoms with Crippen LogP contribution in [0.1, 0.15) is 12.5 Å². The first kappa shape index (κ1) is 17.2. The van der Waals surface area contributed by atoms with Crippen LogP contribution >= 0.6 is 11.8 Å². The average Bonchev–Trinajstić information content (AvgIpc) is 3.04. The maximum Gasteiger partial charge on any atom is 0.277 e. The van der Waals surface area contributed by atoms with Gasteiger partial charge in [-0.15, -0.1) is 10.2 Å². The standard InChI is InChI=1S/C18H16FN3O2S/c1-11-6-8-13(9-7-11)17-21-22-18(24-17)25-12(2)16(23)20-15-5-3-4-14(19)10-15/h3-10,12H,1-2H3,(H,20,23)/t12-/m1/s1. The van der Waals surface area contributed by atoms with Crippen molar-refractivity contribution < 1.29 is 13.6 Å². The van der Waals surface area contributed by atoms with Crippen molar-refractivity contribution >= 4 is 23.4 Å². The average molecular weight is 357 g/mol. The van der Waals surface area contributed by atoms with E-state index >= 15 is 0 Å². The highest BCUT2D eigenvalue weighted by Gasteiger charge is 2.19. The monoisotopic (exact) mass is 357 g/mol. The van der Waals surface area contributed by atoms with E-state index in [0.717, 1.165) is 22.9 Å². The minimum Gasteiger partial charge on any atom is -0.411 e. The lowest BCUT2D eigenvalue weighted by atomic mass is 10.1. The first-order chi connectivity index (χ1) is 12.0. The van der Waals surface area contributed by atoms with Crippen LogP contribution in [0.25, 0.3) is 11.5 Å². The molecule has 3 rings (SSSR count). The Kier molecular flexibility index (Phi) is 5.14. The zero-order valence-electron chi connectivity index (χ0n) is 13.7. The molecule has 0 saturated heterocycles. The largest absolute Gasteiger partial charge is 0.411 e. The van der Waals surface area contributed by atoms with Crippen molar-refractivity contribution in [3.63, 3.8) is 0 Å². The quantitative estimate of drug-likeness (QED) is 0.690. The molecule has 25 heavy (non-hydrogen) atoms. The molecule has 0 saturated carbocycles. The van der Waals surface area contributed by atoms with Crippen molar-refractivity contribution in [1.29, 1.82) is 0 Å². The summed E-state index contributed by atoms with van der Waals surface area (Å²) in [6, 6.07) is 13.5. The number of carbonyl (C=O) groups excluding carboxylic acids is 1. The number of amides is 1. The third-order valence-electron chi connectivity index (χ3n) is 3.44. The zero-order chi connectivity index (χ0) is 17.8. The van der Waals surface area contributed by atoms with E-state index < -0.39 is 11.1 Å². The van der Waals surface area contributed by atoms with Crippen LogP contribution in [0.3, 0.4) is 0 Å². The smallest absolute Gasteiger partial charge is 0.277 e. The van der Waals surface area contributed by atoms with Crippen LogP contribution in [0.5, 0.6) is 0 Å². The molecule has 2 aromatic carbocycles. The van der Waals surface area contributed by atoms with Gasteiger partial charge in [0.05, 0.1) is 5.25 Å². The van der Waals surface area contributed by atoms with Gasteiger partial charge in [-0.1, -0.05) is 35.5 Å². The number of halogens is 1. The Morgan fingerprint density at radius 2 is 1.96 bits per heavy atom. The number of nitrogens with one attached hydrogen (secondary N) is 1. The molecule has 3 aromatic rings. The first-order valence-corrected chi connectivity index (χ1v) is 8.53. The minimum atomic E-state index is -0.477. The summed E-state index contributed by atoms with van der Waals surface area (Å²) in [6.45, 7) is 3.72. The normalized spacial score (nSPS) is 12.0. The molecule has 128 valence electrons. The Morgan fingerprint density at radius 1 is 1.20 bits per heavy atom. The van der Waals surface area contributed by atoms with Crippen molar-refractivity contribution in [3.05, 3.63) is 59.9 Å². The topological polar surface area (TPSA) is 68.0 Å². The van der Waals surface area contributed by atoms with Gasteiger partial charge < -0.3 is 9.73 Å². The van der Waals surface area contributed by atoms with E-state index in [2.05, 4.69) is 15.5 Å². The van der Waals surface area contributed by atoms with Crippen LogP contribution in [0.4, 0.5) is 10.1 Å². The number of aryl methyl sites for hydroxylation is 1. The van der Waals surface area contributed by atoms with Gasteiger partial charge in [0.1, 0.15) is 5.82 Å². The first-order valence-electron chi connectivity index (χ1n) is 7.65. The number of carbonyl (C=O) groups is 1. The lowest BCUT2D eigenvalue weighted by molar-refractivity contribution is -0.115. The Balaban J connectivity index is 1.63. The lowest BCUT2D eigenvalue weighted by Gasteiger charge is -2.09. The Bertz CT molecular complexity index is 880. The molecule has 0 aliphatic carbocycles. The number of hydrogen-bond acceptors (Lipinski definition) is 5. The number of thioether (sulfide) groups is 1. The Hall–Kier alpha value is -2.67. The van der Waals surface area contributed by atoms with Crippen LogP contribution in [0.15, 0.2) is 58.2 Å². The number of anilines is 1. The lowest BCUT2D eigenvalue weighted by Crippen LogP contribution is -2.22. The molecule has 0 bridgehead atoms. The summed E-state index contributed by atoms with van der Waals surface area (Å²) in [5.41, 5.74) is 2.37. The van der Waals surface area contributed by atoms with Crippen LogP contribution in [0.2, 0.25) is 0 Å². The minimum absolute atomic E-state index is 0.273. The van der Waals surface area contributed by atoms with Gasteiger partial charge in [-0.3, -0.25) is 4.79 Å². The molecule has 1 aromatic heterocycles. The van der Waals surface area contributed by atoms with E-state index in [-0.39, 0.29) is 5.91 Å². The van der Waals surface area contributed by atoms with E-state index in [9.17, 15) is 9.18 Å². The van der Waals surface area contributed by atoms with Crippen molar-refractivity contribution in [2.75, 3.05) is 5.32 Å². The van der Waals surface area contributed by atoms with Crippen molar-refractivity contribution in [2.24, 2.45) is 0 Å². The third-order valence-corrected chi connectivity index (χ3v) is 4.38. The maximum absolute atomic E-state index is 13.2. The molecule has 1 N–H and O–H groups in total.